The highest BCUT2D eigenvalue weighted by Crippen LogP contribution is 2.32. The zero-order chi connectivity index (χ0) is 12.0. The molecule has 16 heavy (non-hydrogen) atoms. The summed E-state index contributed by atoms with van der Waals surface area (Å²) < 4.78 is 0. The molecule has 1 fully saturated rings. The predicted molar refractivity (Wildman–Crippen MR) is 59.9 cm³/mol. The first-order valence-electron chi connectivity index (χ1n) is 5.81. The summed E-state index contributed by atoms with van der Waals surface area (Å²) >= 11 is 0. The van der Waals surface area contributed by atoms with E-state index in [9.17, 15) is 9.59 Å². The average Bonchev–Trinajstić information content (AvgIpc) is 2.62. The molecule has 1 saturated carbocycles. The lowest BCUT2D eigenvalue weighted by atomic mass is 9.93. The summed E-state index contributed by atoms with van der Waals surface area (Å²) in [6.45, 7) is 0.485. The van der Waals surface area contributed by atoms with Crippen LogP contribution in [0.4, 0.5) is 0 Å². The van der Waals surface area contributed by atoms with Crippen LogP contribution in [0.1, 0.15) is 44.9 Å². The molecule has 0 heterocycles. The molecule has 5 heteroatoms. The Bertz CT molecular complexity index is 260. The lowest BCUT2D eigenvalue weighted by Crippen LogP contribution is -2.47. The minimum Gasteiger partial charge on any atom is -0.481 e. The van der Waals surface area contributed by atoms with Crippen LogP contribution in [0.25, 0.3) is 0 Å². The van der Waals surface area contributed by atoms with Gasteiger partial charge in [0, 0.05) is 6.42 Å². The lowest BCUT2D eigenvalue weighted by Gasteiger charge is -2.28. The molecule has 1 amide bonds. The van der Waals surface area contributed by atoms with E-state index in [1.165, 1.54) is 0 Å². The van der Waals surface area contributed by atoms with Gasteiger partial charge in [-0.1, -0.05) is 12.8 Å². The van der Waals surface area contributed by atoms with Crippen molar-refractivity contribution in [2.75, 3.05) is 6.54 Å². The molecule has 1 aliphatic rings. The van der Waals surface area contributed by atoms with Gasteiger partial charge in [-0.15, -0.1) is 0 Å². The second-order valence-corrected chi connectivity index (χ2v) is 4.50. The van der Waals surface area contributed by atoms with Gasteiger partial charge >= 0.3 is 5.97 Å². The number of rotatable bonds is 6. The van der Waals surface area contributed by atoms with Gasteiger partial charge in [-0.3, -0.25) is 9.59 Å². The second kappa shape index (κ2) is 5.84. The van der Waals surface area contributed by atoms with Gasteiger partial charge in [0.15, 0.2) is 0 Å². The van der Waals surface area contributed by atoms with Gasteiger partial charge in [0.05, 0.1) is 12.0 Å². The van der Waals surface area contributed by atoms with Crippen molar-refractivity contribution in [1.29, 1.82) is 0 Å². The Morgan fingerprint density at radius 1 is 1.31 bits per heavy atom. The molecule has 0 aliphatic heterocycles. The van der Waals surface area contributed by atoms with Crippen LogP contribution < -0.4 is 11.1 Å². The van der Waals surface area contributed by atoms with Crippen LogP contribution >= 0.6 is 0 Å². The topological polar surface area (TPSA) is 92.4 Å². The van der Waals surface area contributed by atoms with Gasteiger partial charge in [0.2, 0.25) is 5.91 Å². The quantitative estimate of drug-likeness (QED) is 0.621. The predicted octanol–water partition coefficient (Wildman–Crippen LogP) is 0.629. The van der Waals surface area contributed by atoms with Crippen LogP contribution in [0.15, 0.2) is 0 Å². The fraction of sp³-hybridized carbons (Fsp3) is 0.818. The van der Waals surface area contributed by atoms with Crippen LogP contribution in [0, 0.1) is 0 Å². The van der Waals surface area contributed by atoms with Crippen LogP contribution in [-0.4, -0.2) is 29.1 Å². The van der Waals surface area contributed by atoms with Crippen molar-refractivity contribution in [3.05, 3.63) is 0 Å². The number of hydrogen-bond acceptors (Lipinski definition) is 3. The van der Waals surface area contributed by atoms with Crippen LogP contribution in [0.2, 0.25) is 0 Å². The Labute approximate surface area is 95.4 Å². The Morgan fingerprint density at radius 3 is 2.44 bits per heavy atom. The van der Waals surface area contributed by atoms with Crippen LogP contribution in [0.3, 0.4) is 0 Å². The zero-order valence-corrected chi connectivity index (χ0v) is 9.50. The number of nitrogens with one attached hydrogen (secondary N) is 1. The van der Waals surface area contributed by atoms with Gasteiger partial charge < -0.3 is 16.2 Å². The Morgan fingerprint density at radius 2 is 1.94 bits per heavy atom. The minimum atomic E-state index is -0.846. The van der Waals surface area contributed by atoms with Crippen LogP contribution in [0.5, 0.6) is 0 Å². The van der Waals surface area contributed by atoms with E-state index in [0.717, 1.165) is 25.7 Å². The molecule has 0 aromatic carbocycles. The van der Waals surface area contributed by atoms with Gasteiger partial charge in [-0.2, -0.15) is 0 Å². The third kappa shape index (κ3) is 3.81. The average molecular weight is 228 g/mol. The smallest absolute Gasteiger partial charge is 0.305 e. The van der Waals surface area contributed by atoms with Crippen molar-refractivity contribution in [2.45, 2.75) is 50.5 Å². The zero-order valence-electron chi connectivity index (χ0n) is 9.50. The Balaban J connectivity index is 2.50. The van der Waals surface area contributed by atoms with Crippen molar-refractivity contribution in [3.8, 4) is 0 Å². The van der Waals surface area contributed by atoms with E-state index in [0.29, 0.717) is 19.4 Å². The van der Waals surface area contributed by atoms with Crippen LogP contribution in [-0.2, 0) is 9.59 Å². The molecule has 0 spiro atoms. The summed E-state index contributed by atoms with van der Waals surface area (Å²) in [5.74, 6) is -0.922. The molecule has 92 valence electrons. The Hall–Kier alpha value is -1.10. The number of aliphatic carboxylic acids is 1. The van der Waals surface area contributed by atoms with Crippen molar-refractivity contribution in [1.82, 2.24) is 5.32 Å². The number of nitrogens with two attached hydrogens (primary N) is 1. The van der Waals surface area contributed by atoms with E-state index >= 15 is 0 Å². The van der Waals surface area contributed by atoms with E-state index in [2.05, 4.69) is 5.32 Å². The number of hydrogen-bond donors (Lipinski definition) is 3. The summed E-state index contributed by atoms with van der Waals surface area (Å²) in [5, 5.41) is 11.7. The minimum absolute atomic E-state index is 0.0291. The van der Waals surface area contributed by atoms with Crippen molar-refractivity contribution in [3.63, 3.8) is 0 Å². The van der Waals surface area contributed by atoms with E-state index < -0.39 is 11.5 Å². The van der Waals surface area contributed by atoms with Gasteiger partial charge in [-0.25, -0.2) is 0 Å². The van der Waals surface area contributed by atoms with Crippen molar-refractivity contribution in [2.24, 2.45) is 5.73 Å². The fourth-order valence-electron chi connectivity index (χ4n) is 2.31. The first kappa shape index (κ1) is 13.0. The van der Waals surface area contributed by atoms with E-state index in [4.69, 9.17) is 10.8 Å². The third-order valence-corrected chi connectivity index (χ3v) is 3.06. The standard InChI is InChI=1S/C11H20N2O3/c12-7-3-4-9(14)13-11(8-10(15)16)5-1-2-6-11/h1-8,12H2,(H,13,14)(H,15,16). The summed E-state index contributed by atoms with van der Waals surface area (Å²) in [5.41, 5.74) is 4.82. The molecule has 5 nitrogen and oxygen atoms in total. The number of carbonyl (C=O) groups excluding carboxylic acids is 1. The second-order valence-electron chi connectivity index (χ2n) is 4.50. The lowest BCUT2D eigenvalue weighted by molar-refractivity contribution is -0.139. The first-order valence-corrected chi connectivity index (χ1v) is 5.81. The summed E-state index contributed by atoms with van der Waals surface area (Å²) in [4.78, 5) is 22.4. The summed E-state index contributed by atoms with van der Waals surface area (Å²) in [6.07, 6.45) is 4.59. The number of carbonyl (C=O) groups is 2. The molecule has 0 saturated heterocycles. The number of carboxylic acid groups (broad SMARTS) is 1. The largest absolute Gasteiger partial charge is 0.481 e. The molecule has 0 aromatic heterocycles. The van der Waals surface area contributed by atoms with Gasteiger partial charge in [0.25, 0.3) is 0 Å². The maximum Gasteiger partial charge on any atom is 0.305 e. The number of carboxylic acids is 1. The van der Waals surface area contributed by atoms with E-state index in [1.807, 2.05) is 0 Å². The molecule has 1 aliphatic carbocycles. The monoisotopic (exact) mass is 228 g/mol. The normalized spacial score (nSPS) is 18.3. The van der Waals surface area contributed by atoms with Gasteiger partial charge in [0.1, 0.15) is 0 Å². The highest BCUT2D eigenvalue weighted by atomic mass is 16.4. The van der Waals surface area contributed by atoms with E-state index in [1.54, 1.807) is 0 Å². The molecule has 0 radical (unpaired) electrons. The molecule has 1 rings (SSSR count). The van der Waals surface area contributed by atoms with Crippen molar-refractivity contribution < 1.29 is 14.7 Å². The van der Waals surface area contributed by atoms with Gasteiger partial charge in [-0.05, 0) is 25.8 Å². The maximum absolute atomic E-state index is 11.6. The molecule has 0 atom stereocenters. The number of amides is 1. The SMILES string of the molecule is NCCCC(=O)NC1(CC(=O)O)CCCC1. The molecule has 0 aromatic rings. The molecule has 0 unspecified atom stereocenters. The first-order chi connectivity index (χ1) is 7.58. The highest BCUT2D eigenvalue weighted by molar-refractivity contribution is 5.78. The molecule has 4 N–H and O–H groups in total. The molecular weight excluding hydrogens is 208 g/mol. The van der Waals surface area contributed by atoms with E-state index in [-0.39, 0.29) is 12.3 Å². The molecular formula is C11H20N2O3. The maximum atomic E-state index is 11.6. The Kier molecular flexibility index (Phi) is 4.73. The third-order valence-electron chi connectivity index (χ3n) is 3.06. The highest BCUT2D eigenvalue weighted by Gasteiger charge is 2.37. The fourth-order valence-corrected chi connectivity index (χ4v) is 2.31. The summed E-state index contributed by atoms with van der Waals surface area (Å²) in [6, 6.07) is 0. The molecule has 0 bridgehead atoms. The van der Waals surface area contributed by atoms with Crippen molar-refractivity contribution >= 4 is 11.9 Å². The summed E-state index contributed by atoms with van der Waals surface area (Å²) in [7, 11) is 0.